The standard InChI is InChI=1S/C28H29N3O4/c1-18(2)19-7-11-23(12-8-19)30-28(34)20-9-13-24(14-10-20)35-25-16-21(27(29)33)5-6-22(25)17-31-15-3-4-26(31)32/h5-14,16,18H,3-4,15,17H2,1-2H3,(H2,29,33)(H,30,34). The lowest BCUT2D eigenvalue weighted by Gasteiger charge is -2.19. The van der Waals surface area contributed by atoms with Crippen molar-refractivity contribution < 1.29 is 19.1 Å². The van der Waals surface area contributed by atoms with Crippen LogP contribution in [-0.4, -0.2) is 29.2 Å². The number of nitrogens with one attached hydrogen (secondary N) is 1. The largest absolute Gasteiger partial charge is 0.457 e. The van der Waals surface area contributed by atoms with Gasteiger partial charge >= 0.3 is 0 Å². The Balaban J connectivity index is 1.48. The molecule has 0 atom stereocenters. The second kappa shape index (κ2) is 10.4. The number of rotatable bonds is 8. The molecule has 0 saturated carbocycles. The van der Waals surface area contributed by atoms with E-state index in [2.05, 4.69) is 19.2 Å². The van der Waals surface area contributed by atoms with E-state index in [9.17, 15) is 14.4 Å². The number of benzene rings is 3. The number of hydrogen-bond donors (Lipinski definition) is 2. The third-order valence-electron chi connectivity index (χ3n) is 6.06. The lowest BCUT2D eigenvalue weighted by Crippen LogP contribution is -2.24. The highest BCUT2D eigenvalue weighted by Gasteiger charge is 2.22. The SMILES string of the molecule is CC(C)c1ccc(NC(=O)c2ccc(Oc3cc(C(N)=O)ccc3CN3CCCC3=O)cc2)cc1. The Morgan fingerprint density at radius 1 is 1.00 bits per heavy atom. The van der Waals surface area contributed by atoms with Gasteiger partial charge in [-0.3, -0.25) is 14.4 Å². The van der Waals surface area contributed by atoms with Crippen LogP contribution in [0.2, 0.25) is 0 Å². The van der Waals surface area contributed by atoms with E-state index in [1.165, 1.54) is 5.56 Å². The molecule has 0 radical (unpaired) electrons. The lowest BCUT2D eigenvalue weighted by molar-refractivity contribution is -0.128. The fourth-order valence-corrected chi connectivity index (χ4v) is 3.97. The molecule has 0 aliphatic carbocycles. The van der Waals surface area contributed by atoms with E-state index in [1.54, 1.807) is 47.4 Å². The third-order valence-corrected chi connectivity index (χ3v) is 6.06. The molecule has 1 fully saturated rings. The monoisotopic (exact) mass is 471 g/mol. The topological polar surface area (TPSA) is 102 Å². The zero-order chi connectivity index (χ0) is 24.9. The van der Waals surface area contributed by atoms with Crippen molar-refractivity contribution >= 4 is 23.4 Å². The predicted octanol–water partition coefficient (Wildman–Crippen LogP) is 5.08. The van der Waals surface area contributed by atoms with Crippen molar-refractivity contribution in [1.82, 2.24) is 4.90 Å². The molecule has 0 unspecified atom stereocenters. The molecular formula is C28H29N3O4. The molecule has 1 aliphatic heterocycles. The van der Waals surface area contributed by atoms with Crippen molar-refractivity contribution in [1.29, 1.82) is 0 Å². The second-order valence-electron chi connectivity index (χ2n) is 8.96. The van der Waals surface area contributed by atoms with Gasteiger partial charge in [-0.05, 0) is 66.4 Å². The van der Waals surface area contributed by atoms with Crippen LogP contribution in [0.15, 0.2) is 66.7 Å². The van der Waals surface area contributed by atoms with Gasteiger partial charge in [-0.25, -0.2) is 0 Å². The number of nitrogens with two attached hydrogens (primary N) is 1. The summed E-state index contributed by atoms with van der Waals surface area (Å²) in [5.41, 5.74) is 8.96. The predicted molar refractivity (Wildman–Crippen MR) is 135 cm³/mol. The average Bonchev–Trinajstić information content (AvgIpc) is 3.25. The zero-order valence-electron chi connectivity index (χ0n) is 19.9. The number of primary amides is 1. The van der Waals surface area contributed by atoms with Gasteiger partial charge in [-0.15, -0.1) is 0 Å². The molecule has 7 nitrogen and oxygen atoms in total. The van der Waals surface area contributed by atoms with Crippen LogP contribution in [0.25, 0.3) is 0 Å². The van der Waals surface area contributed by atoms with Gasteiger partial charge in [0.05, 0.1) is 0 Å². The molecule has 7 heteroatoms. The fourth-order valence-electron chi connectivity index (χ4n) is 3.97. The van der Waals surface area contributed by atoms with Crippen LogP contribution >= 0.6 is 0 Å². The van der Waals surface area contributed by atoms with E-state index < -0.39 is 5.91 Å². The Morgan fingerprint density at radius 2 is 1.69 bits per heavy atom. The van der Waals surface area contributed by atoms with Crippen molar-refractivity contribution in [2.45, 2.75) is 39.2 Å². The van der Waals surface area contributed by atoms with Crippen LogP contribution < -0.4 is 15.8 Å². The molecule has 0 bridgehead atoms. The molecule has 0 aromatic heterocycles. The first-order valence-electron chi connectivity index (χ1n) is 11.7. The molecular weight excluding hydrogens is 442 g/mol. The molecule has 4 rings (SSSR count). The lowest BCUT2D eigenvalue weighted by atomic mass is 10.0. The summed E-state index contributed by atoms with van der Waals surface area (Å²) >= 11 is 0. The van der Waals surface area contributed by atoms with Crippen molar-refractivity contribution in [3.63, 3.8) is 0 Å². The van der Waals surface area contributed by atoms with Crippen molar-refractivity contribution in [3.8, 4) is 11.5 Å². The molecule has 35 heavy (non-hydrogen) atoms. The van der Waals surface area contributed by atoms with E-state index >= 15 is 0 Å². The summed E-state index contributed by atoms with van der Waals surface area (Å²) in [5.74, 6) is 0.684. The summed E-state index contributed by atoms with van der Waals surface area (Å²) in [7, 11) is 0. The van der Waals surface area contributed by atoms with Crippen LogP contribution in [0.1, 0.15) is 64.4 Å². The van der Waals surface area contributed by atoms with Crippen LogP contribution in [0.4, 0.5) is 5.69 Å². The second-order valence-corrected chi connectivity index (χ2v) is 8.96. The number of carbonyl (C=O) groups is 3. The van der Waals surface area contributed by atoms with Gasteiger partial charge < -0.3 is 20.7 Å². The maximum atomic E-state index is 12.7. The number of hydrogen-bond acceptors (Lipinski definition) is 4. The zero-order valence-corrected chi connectivity index (χ0v) is 19.9. The van der Waals surface area contributed by atoms with Gasteiger partial charge in [0.15, 0.2) is 0 Å². The fraction of sp³-hybridized carbons (Fsp3) is 0.250. The minimum atomic E-state index is -0.563. The van der Waals surface area contributed by atoms with E-state index in [1.807, 2.05) is 24.3 Å². The van der Waals surface area contributed by atoms with Gasteiger partial charge in [0.1, 0.15) is 11.5 Å². The first-order valence-corrected chi connectivity index (χ1v) is 11.7. The molecule has 1 heterocycles. The van der Waals surface area contributed by atoms with Crippen LogP contribution in [0.5, 0.6) is 11.5 Å². The molecule has 0 spiro atoms. The summed E-state index contributed by atoms with van der Waals surface area (Å²) in [6.45, 7) is 5.33. The molecule has 3 amide bonds. The van der Waals surface area contributed by atoms with Crippen molar-refractivity contribution in [3.05, 3.63) is 89.0 Å². The normalized spacial score (nSPS) is 13.2. The first kappa shape index (κ1) is 24.0. The van der Waals surface area contributed by atoms with Crippen LogP contribution in [0.3, 0.4) is 0 Å². The van der Waals surface area contributed by atoms with Gasteiger partial charge in [0.2, 0.25) is 11.8 Å². The maximum absolute atomic E-state index is 12.7. The number of anilines is 1. The van der Waals surface area contributed by atoms with Gasteiger partial charge in [0.25, 0.3) is 5.91 Å². The highest BCUT2D eigenvalue weighted by molar-refractivity contribution is 6.04. The molecule has 180 valence electrons. The number of carbonyl (C=O) groups excluding carboxylic acids is 3. The highest BCUT2D eigenvalue weighted by Crippen LogP contribution is 2.29. The van der Waals surface area contributed by atoms with Gasteiger partial charge in [0, 0.05) is 41.9 Å². The minimum absolute atomic E-state index is 0.101. The summed E-state index contributed by atoms with van der Waals surface area (Å²) in [5, 5.41) is 2.90. The number of nitrogens with zero attached hydrogens (tertiary/aromatic N) is 1. The molecule has 3 N–H and O–H groups in total. The summed E-state index contributed by atoms with van der Waals surface area (Å²) < 4.78 is 6.06. The molecule has 1 saturated heterocycles. The van der Waals surface area contributed by atoms with Gasteiger partial charge in [-0.2, -0.15) is 0 Å². The Bertz CT molecular complexity index is 1230. The summed E-state index contributed by atoms with van der Waals surface area (Å²) in [6.07, 6.45) is 1.38. The number of amides is 3. The Morgan fingerprint density at radius 3 is 2.29 bits per heavy atom. The summed E-state index contributed by atoms with van der Waals surface area (Å²) in [4.78, 5) is 38.2. The Labute approximate surface area is 204 Å². The first-order chi connectivity index (χ1) is 16.8. The van der Waals surface area contributed by atoms with Crippen molar-refractivity contribution in [2.24, 2.45) is 5.73 Å². The Hall–Kier alpha value is -4.13. The minimum Gasteiger partial charge on any atom is -0.457 e. The smallest absolute Gasteiger partial charge is 0.255 e. The average molecular weight is 472 g/mol. The number of likely N-dealkylation sites (tertiary alicyclic amines) is 1. The van der Waals surface area contributed by atoms with E-state index in [-0.39, 0.29) is 11.8 Å². The van der Waals surface area contributed by atoms with E-state index in [0.717, 1.165) is 17.7 Å². The summed E-state index contributed by atoms with van der Waals surface area (Å²) in [6, 6.07) is 19.5. The molecule has 1 aliphatic rings. The molecule has 3 aromatic carbocycles. The van der Waals surface area contributed by atoms with Crippen LogP contribution in [0, 0.1) is 0 Å². The van der Waals surface area contributed by atoms with Crippen LogP contribution in [-0.2, 0) is 11.3 Å². The Kier molecular flexibility index (Phi) is 7.15. The highest BCUT2D eigenvalue weighted by atomic mass is 16.5. The van der Waals surface area contributed by atoms with Gasteiger partial charge in [-0.1, -0.05) is 32.0 Å². The maximum Gasteiger partial charge on any atom is 0.255 e. The van der Waals surface area contributed by atoms with E-state index in [4.69, 9.17) is 10.5 Å². The third kappa shape index (κ3) is 5.87. The number of ether oxygens (including phenoxy) is 1. The molecule has 3 aromatic rings. The van der Waals surface area contributed by atoms with E-state index in [0.29, 0.717) is 48.1 Å². The van der Waals surface area contributed by atoms with Crippen molar-refractivity contribution in [2.75, 3.05) is 11.9 Å². The quantitative estimate of drug-likeness (QED) is 0.478.